The number of rotatable bonds is 3. The first-order valence-electron chi connectivity index (χ1n) is 4.30. The molecule has 0 aliphatic heterocycles. The van der Waals surface area contributed by atoms with Crippen LogP contribution in [0.5, 0.6) is 0 Å². The van der Waals surface area contributed by atoms with E-state index < -0.39 is 0 Å². The van der Waals surface area contributed by atoms with E-state index in [0.717, 1.165) is 19.3 Å². The summed E-state index contributed by atoms with van der Waals surface area (Å²) in [5, 5.41) is 11.9. The minimum absolute atomic E-state index is 0.128. The van der Waals surface area contributed by atoms with Gasteiger partial charge in [0.05, 0.1) is 6.10 Å². The third kappa shape index (κ3) is 2.66. The fraction of sp³-hybridized carbons (Fsp3) is 0.667. The lowest BCUT2D eigenvalue weighted by atomic mass is 10.1. The number of hydrogen-bond acceptors (Lipinski definition) is 2. The van der Waals surface area contributed by atoms with Gasteiger partial charge in [0.1, 0.15) is 0 Å². The van der Waals surface area contributed by atoms with E-state index in [4.69, 9.17) is 0 Å². The van der Waals surface area contributed by atoms with E-state index in [0.29, 0.717) is 12.5 Å². The van der Waals surface area contributed by atoms with E-state index >= 15 is 0 Å². The summed E-state index contributed by atoms with van der Waals surface area (Å²) in [6, 6.07) is 0. The Balaban J connectivity index is 2.15. The standard InChI is InChI=1S/C9H15NO2/c1-2-9(12)10-6-7-3-4-8(11)5-7/h2,7-8,11H,1,3-6H2,(H,10,12). The molecular formula is C9H15NO2. The zero-order valence-electron chi connectivity index (χ0n) is 7.12. The molecule has 3 heteroatoms. The zero-order valence-corrected chi connectivity index (χ0v) is 7.12. The third-order valence-electron chi connectivity index (χ3n) is 2.26. The van der Waals surface area contributed by atoms with Crippen LogP contribution < -0.4 is 5.32 Å². The molecule has 1 saturated carbocycles. The first-order valence-corrected chi connectivity index (χ1v) is 4.30. The fourth-order valence-corrected chi connectivity index (χ4v) is 1.55. The van der Waals surface area contributed by atoms with Crippen LogP contribution in [-0.4, -0.2) is 23.7 Å². The van der Waals surface area contributed by atoms with Gasteiger partial charge in [0, 0.05) is 6.54 Å². The molecule has 1 aliphatic carbocycles. The van der Waals surface area contributed by atoms with Crippen LogP contribution in [-0.2, 0) is 4.79 Å². The Bertz CT molecular complexity index is 179. The number of amides is 1. The summed E-state index contributed by atoms with van der Waals surface area (Å²) in [5.41, 5.74) is 0. The van der Waals surface area contributed by atoms with Crippen molar-refractivity contribution in [3.05, 3.63) is 12.7 Å². The maximum atomic E-state index is 10.8. The van der Waals surface area contributed by atoms with Crippen LogP contribution in [0, 0.1) is 5.92 Å². The summed E-state index contributed by atoms with van der Waals surface area (Å²) in [4.78, 5) is 10.8. The lowest BCUT2D eigenvalue weighted by Crippen LogP contribution is -2.26. The summed E-state index contributed by atoms with van der Waals surface area (Å²) in [6.07, 6.45) is 3.81. The molecule has 1 aliphatic rings. The smallest absolute Gasteiger partial charge is 0.243 e. The monoisotopic (exact) mass is 169 g/mol. The predicted molar refractivity (Wildman–Crippen MR) is 46.6 cm³/mol. The molecule has 2 unspecified atom stereocenters. The minimum Gasteiger partial charge on any atom is -0.393 e. The largest absolute Gasteiger partial charge is 0.393 e. The molecule has 1 fully saturated rings. The first kappa shape index (κ1) is 9.26. The number of carbonyl (C=O) groups is 1. The molecule has 0 heterocycles. The van der Waals surface area contributed by atoms with E-state index in [1.165, 1.54) is 6.08 Å². The molecule has 0 spiro atoms. The van der Waals surface area contributed by atoms with E-state index in [1.807, 2.05) is 0 Å². The number of hydrogen-bond donors (Lipinski definition) is 2. The van der Waals surface area contributed by atoms with Crippen molar-refractivity contribution in [1.82, 2.24) is 5.32 Å². The van der Waals surface area contributed by atoms with Crippen molar-refractivity contribution in [2.45, 2.75) is 25.4 Å². The highest BCUT2D eigenvalue weighted by atomic mass is 16.3. The molecular weight excluding hydrogens is 154 g/mol. The Kier molecular flexibility index (Phi) is 3.29. The maximum absolute atomic E-state index is 10.8. The number of aliphatic hydroxyl groups excluding tert-OH is 1. The van der Waals surface area contributed by atoms with Crippen LogP contribution in [0.3, 0.4) is 0 Å². The molecule has 0 radical (unpaired) electrons. The lowest BCUT2D eigenvalue weighted by Gasteiger charge is -2.08. The highest BCUT2D eigenvalue weighted by Gasteiger charge is 2.22. The van der Waals surface area contributed by atoms with Crippen LogP contribution in [0.2, 0.25) is 0 Å². The van der Waals surface area contributed by atoms with Gasteiger partial charge in [0.15, 0.2) is 0 Å². The Hall–Kier alpha value is -0.830. The van der Waals surface area contributed by atoms with Crippen molar-refractivity contribution in [2.24, 2.45) is 5.92 Å². The second-order valence-corrected chi connectivity index (χ2v) is 3.28. The van der Waals surface area contributed by atoms with Crippen molar-refractivity contribution in [1.29, 1.82) is 0 Å². The Morgan fingerprint density at radius 3 is 2.92 bits per heavy atom. The Labute approximate surface area is 72.5 Å². The molecule has 68 valence electrons. The van der Waals surface area contributed by atoms with Gasteiger partial charge in [-0.2, -0.15) is 0 Å². The van der Waals surface area contributed by atoms with Crippen LogP contribution in [0.15, 0.2) is 12.7 Å². The van der Waals surface area contributed by atoms with Crippen molar-refractivity contribution >= 4 is 5.91 Å². The van der Waals surface area contributed by atoms with Crippen molar-refractivity contribution in [3.63, 3.8) is 0 Å². The summed E-state index contributed by atoms with van der Waals surface area (Å²) < 4.78 is 0. The first-order chi connectivity index (χ1) is 5.72. The van der Waals surface area contributed by atoms with Crippen LogP contribution in [0.1, 0.15) is 19.3 Å². The number of nitrogens with one attached hydrogen (secondary N) is 1. The van der Waals surface area contributed by atoms with Gasteiger partial charge in [0.2, 0.25) is 5.91 Å². The Morgan fingerprint density at radius 2 is 2.42 bits per heavy atom. The molecule has 2 N–H and O–H groups in total. The molecule has 0 aromatic rings. The van der Waals surface area contributed by atoms with Gasteiger partial charge in [0.25, 0.3) is 0 Å². The van der Waals surface area contributed by atoms with E-state index in [1.54, 1.807) is 0 Å². The average molecular weight is 169 g/mol. The second-order valence-electron chi connectivity index (χ2n) is 3.28. The van der Waals surface area contributed by atoms with Crippen molar-refractivity contribution in [3.8, 4) is 0 Å². The summed E-state index contributed by atoms with van der Waals surface area (Å²) in [6.45, 7) is 4.03. The van der Waals surface area contributed by atoms with Crippen molar-refractivity contribution < 1.29 is 9.90 Å². The summed E-state index contributed by atoms with van der Waals surface area (Å²) in [7, 11) is 0. The van der Waals surface area contributed by atoms with Crippen LogP contribution in [0.25, 0.3) is 0 Å². The number of aliphatic hydroxyl groups is 1. The fourth-order valence-electron chi connectivity index (χ4n) is 1.55. The zero-order chi connectivity index (χ0) is 8.97. The van der Waals surface area contributed by atoms with E-state index in [2.05, 4.69) is 11.9 Å². The molecule has 3 nitrogen and oxygen atoms in total. The highest BCUT2D eigenvalue weighted by Crippen LogP contribution is 2.24. The third-order valence-corrected chi connectivity index (χ3v) is 2.26. The topological polar surface area (TPSA) is 49.3 Å². The minimum atomic E-state index is -0.157. The van der Waals surface area contributed by atoms with Crippen molar-refractivity contribution in [2.75, 3.05) is 6.54 Å². The molecule has 0 aromatic carbocycles. The number of carbonyl (C=O) groups excluding carboxylic acids is 1. The summed E-state index contributed by atoms with van der Waals surface area (Å²) >= 11 is 0. The molecule has 12 heavy (non-hydrogen) atoms. The molecule has 0 bridgehead atoms. The molecule has 1 rings (SSSR count). The van der Waals surface area contributed by atoms with Gasteiger partial charge in [-0.15, -0.1) is 0 Å². The molecule has 2 atom stereocenters. The van der Waals surface area contributed by atoms with Crippen LogP contribution >= 0.6 is 0 Å². The van der Waals surface area contributed by atoms with Gasteiger partial charge in [-0.1, -0.05) is 6.58 Å². The molecule has 1 amide bonds. The van der Waals surface area contributed by atoms with E-state index in [-0.39, 0.29) is 12.0 Å². The summed E-state index contributed by atoms with van der Waals surface area (Å²) in [5.74, 6) is 0.320. The van der Waals surface area contributed by atoms with Crippen LogP contribution in [0.4, 0.5) is 0 Å². The van der Waals surface area contributed by atoms with Gasteiger partial charge in [-0.3, -0.25) is 4.79 Å². The maximum Gasteiger partial charge on any atom is 0.243 e. The Morgan fingerprint density at radius 1 is 1.67 bits per heavy atom. The van der Waals surface area contributed by atoms with Gasteiger partial charge in [-0.05, 0) is 31.3 Å². The second kappa shape index (κ2) is 4.26. The lowest BCUT2D eigenvalue weighted by molar-refractivity contribution is -0.116. The normalized spacial score (nSPS) is 28.4. The predicted octanol–water partition coefficient (Wildman–Crippen LogP) is 0.450. The SMILES string of the molecule is C=CC(=O)NCC1CCC(O)C1. The van der Waals surface area contributed by atoms with E-state index in [9.17, 15) is 9.90 Å². The molecule has 0 saturated heterocycles. The van der Waals surface area contributed by atoms with Gasteiger partial charge < -0.3 is 10.4 Å². The quantitative estimate of drug-likeness (QED) is 0.603. The average Bonchev–Trinajstić information content (AvgIpc) is 2.47. The van der Waals surface area contributed by atoms with Gasteiger partial charge in [-0.25, -0.2) is 0 Å². The highest BCUT2D eigenvalue weighted by molar-refractivity contribution is 5.86. The molecule has 0 aromatic heterocycles. The van der Waals surface area contributed by atoms with Gasteiger partial charge >= 0.3 is 0 Å².